The SMILES string of the molecule is C=CC(=O)NCc1nc2c(c(-c3ccc(OC(C)(F)F)cc3)n1)CCC2. The van der Waals surface area contributed by atoms with E-state index in [0.717, 1.165) is 41.8 Å². The highest BCUT2D eigenvalue weighted by Gasteiger charge is 2.24. The molecule has 1 aliphatic carbocycles. The Bertz CT molecular complexity index is 830. The number of carbonyl (C=O) groups is 1. The second-order valence-corrected chi connectivity index (χ2v) is 6.12. The smallest absolute Gasteiger partial charge is 0.394 e. The minimum atomic E-state index is -3.23. The van der Waals surface area contributed by atoms with Crippen molar-refractivity contribution in [1.29, 1.82) is 0 Å². The van der Waals surface area contributed by atoms with Crippen LogP contribution in [-0.4, -0.2) is 22.0 Å². The summed E-state index contributed by atoms with van der Waals surface area (Å²) in [5, 5.41) is 2.67. The molecule has 7 heteroatoms. The number of rotatable bonds is 6. The molecule has 5 nitrogen and oxygen atoms in total. The van der Waals surface area contributed by atoms with Crippen molar-refractivity contribution in [3.63, 3.8) is 0 Å². The highest BCUT2D eigenvalue weighted by atomic mass is 19.3. The van der Waals surface area contributed by atoms with Gasteiger partial charge in [-0.25, -0.2) is 9.97 Å². The molecule has 0 aliphatic heterocycles. The lowest BCUT2D eigenvalue weighted by atomic mass is 10.0. The van der Waals surface area contributed by atoms with E-state index in [1.54, 1.807) is 12.1 Å². The molecule has 1 amide bonds. The summed E-state index contributed by atoms with van der Waals surface area (Å²) in [5.41, 5.74) is 3.61. The van der Waals surface area contributed by atoms with Gasteiger partial charge in [-0.05, 0) is 49.6 Å². The summed E-state index contributed by atoms with van der Waals surface area (Å²) in [5.74, 6) is 0.305. The van der Waals surface area contributed by atoms with Crippen LogP contribution in [0, 0.1) is 0 Å². The van der Waals surface area contributed by atoms with Crippen LogP contribution >= 0.6 is 0 Å². The lowest BCUT2D eigenvalue weighted by molar-refractivity contribution is -0.158. The van der Waals surface area contributed by atoms with Gasteiger partial charge in [-0.2, -0.15) is 8.78 Å². The van der Waals surface area contributed by atoms with Crippen LogP contribution < -0.4 is 10.1 Å². The summed E-state index contributed by atoms with van der Waals surface area (Å²) in [6.45, 7) is 4.31. The lowest BCUT2D eigenvalue weighted by Crippen LogP contribution is -2.22. The van der Waals surface area contributed by atoms with Crippen LogP contribution in [0.2, 0.25) is 0 Å². The number of carbonyl (C=O) groups excluding carboxylic acids is 1. The third-order valence-corrected chi connectivity index (χ3v) is 4.01. The standard InChI is InChI=1S/C19H19F2N3O2/c1-3-17(25)22-11-16-23-15-6-4-5-14(15)18(24-16)12-7-9-13(10-8-12)26-19(2,20)21/h3,7-10H,1,4-6,11H2,2H3,(H,22,25). The third kappa shape index (κ3) is 4.22. The van der Waals surface area contributed by atoms with Crippen molar-refractivity contribution in [1.82, 2.24) is 15.3 Å². The number of aromatic nitrogens is 2. The normalized spacial score (nSPS) is 13.2. The molecule has 0 spiro atoms. The molecule has 0 unspecified atom stereocenters. The predicted molar refractivity (Wildman–Crippen MR) is 92.8 cm³/mol. The number of fused-ring (bicyclic) bond motifs is 1. The lowest BCUT2D eigenvalue weighted by Gasteiger charge is -2.14. The molecule has 1 N–H and O–H groups in total. The molecular weight excluding hydrogens is 340 g/mol. The summed E-state index contributed by atoms with van der Waals surface area (Å²) in [7, 11) is 0. The summed E-state index contributed by atoms with van der Waals surface area (Å²) in [6, 6.07) is 6.40. The molecule has 0 bridgehead atoms. The number of hydrogen-bond acceptors (Lipinski definition) is 4. The van der Waals surface area contributed by atoms with E-state index in [0.29, 0.717) is 12.7 Å². The first-order valence-corrected chi connectivity index (χ1v) is 8.32. The number of benzene rings is 1. The molecular formula is C19H19F2N3O2. The predicted octanol–water partition coefficient (Wildman–Crippen LogP) is 3.43. The summed E-state index contributed by atoms with van der Waals surface area (Å²) in [4.78, 5) is 20.5. The third-order valence-electron chi connectivity index (χ3n) is 4.01. The van der Waals surface area contributed by atoms with Crippen molar-refractivity contribution in [3.8, 4) is 17.0 Å². The van der Waals surface area contributed by atoms with Crippen LogP contribution in [0.4, 0.5) is 8.78 Å². The maximum atomic E-state index is 13.0. The zero-order chi connectivity index (χ0) is 18.7. The van der Waals surface area contributed by atoms with E-state index in [4.69, 9.17) is 0 Å². The van der Waals surface area contributed by atoms with Crippen LogP contribution in [0.1, 0.15) is 30.4 Å². The minimum Gasteiger partial charge on any atom is -0.433 e. The summed E-state index contributed by atoms with van der Waals surface area (Å²) < 4.78 is 30.5. The average molecular weight is 359 g/mol. The largest absolute Gasteiger partial charge is 0.433 e. The van der Waals surface area contributed by atoms with Gasteiger partial charge in [0, 0.05) is 23.7 Å². The van der Waals surface area contributed by atoms with Crippen LogP contribution in [0.15, 0.2) is 36.9 Å². The van der Waals surface area contributed by atoms with E-state index in [9.17, 15) is 13.6 Å². The maximum absolute atomic E-state index is 13.0. The van der Waals surface area contributed by atoms with E-state index in [1.807, 2.05) is 0 Å². The molecule has 136 valence electrons. The molecule has 0 saturated carbocycles. The van der Waals surface area contributed by atoms with Gasteiger partial charge in [-0.3, -0.25) is 4.79 Å². The summed E-state index contributed by atoms with van der Waals surface area (Å²) in [6.07, 6.45) is 0.680. The van der Waals surface area contributed by atoms with E-state index in [1.165, 1.54) is 18.2 Å². The molecule has 0 radical (unpaired) electrons. The Hall–Kier alpha value is -2.83. The van der Waals surface area contributed by atoms with Gasteiger partial charge in [0.2, 0.25) is 5.91 Å². The minimum absolute atomic E-state index is 0.0884. The second-order valence-electron chi connectivity index (χ2n) is 6.12. The van der Waals surface area contributed by atoms with Crippen molar-refractivity contribution < 1.29 is 18.3 Å². The Morgan fingerprint density at radius 2 is 2.04 bits per heavy atom. The Labute approximate surface area is 150 Å². The number of ether oxygens (including phenoxy) is 1. The van der Waals surface area contributed by atoms with Gasteiger partial charge in [-0.15, -0.1) is 0 Å². The fourth-order valence-corrected chi connectivity index (χ4v) is 2.93. The van der Waals surface area contributed by atoms with Crippen LogP contribution in [0.25, 0.3) is 11.3 Å². The van der Waals surface area contributed by atoms with Gasteiger partial charge in [-0.1, -0.05) is 6.58 Å². The van der Waals surface area contributed by atoms with Crippen molar-refractivity contribution in [2.75, 3.05) is 0 Å². The fourth-order valence-electron chi connectivity index (χ4n) is 2.93. The molecule has 1 aromatic carbocycles. The van der Waals surface area contributed by atoms with Crippen molar-refractivity contribution in [2.45, 2.75) is 38.8 Å². The molecule has 3 rings (SSSR count). The van der Waals surface area contributed by atoms with Crippen molar-refractivity contribution in [2.24, 2.45) is 0 Å². The topological polar surface area (TPSA) is 64.1 Å². The molecule has 1 aliphatic rings. The van der Waals surface area contributed by atoms with E-state index in [2.05, 4.69) is 26.6 Å². The van der Waals surface area contributed by atoms with Gasteiger partial charge in [0.25, 0.3) is 0 Å². The zero-order valence-electron chi connectivity index (χ0n) is 14.4. The number of amides is 1. The Balaban J connectivity index is 1.90. The highest BCUT2D eigenvalue weighted by molar-refractivity contribution is 5.86. The molecule has 0 fully saturated rings. The number of alkyl halides is 2. The number of nitrogens with one attached hydrogen (secondary N) is 1. The van der Waals surface area contributed by atoms with Gasteiger partial charge in [0.15, 0.2) is 0 Å². The number of aryl methyl sites for hydroxylation is 1. The Morgan fingerprint density at radius 1 is 1.31 bits per heavy atom. The molecule has 1 heterocycles. The molecule has 0 saturated heterocycles. The molecule has 2 aromatic rings. The average Bonchev–Trinajstić information content (AvgIpc) is 3.06. The quantitative estimate of drug-likeness (QED) is 0.803. The van der Waals surface area contributed by atoms with Gasteiger partial charge in [0.1, 0.15) is 11.6 Å². The molecule has 0 atom stereocenters. The highest BCUT2D eigenvalue weighted by Crippen LogP contribution is 2.31. The number of halogens is 2. The van der Waals surface area contributed by atoms with Gasteiger partial charge >= 0.3 is 6.11 Å². The van der Waals surface area contributed by atoms with E-state index in [-0.39, 0.29) is 18.2 Å². The first-order valence-electron chi connectivity index (χ1n) is 8.32. The van der Waals surface area contributed by atoms with Crippen LogP contribution in [-0.2, 0) is 24.2 Å². The van der Waals surface area contributed by atoms with Crippen LogP contribution in [0.3, 0.4) is 0 Å². The molecule has 26 heavy (non-hydrogen) atoms. The maximum Gasteiger partial charge on any atom is 0.394 e. The Kier molecular flexibility index (Phi) is 4.97. The monoisotopic (exact) mass is 359 g/mol. The van der Waals surface area contributed by atoms with Crippen molar-refractivity contribution >= 4 is 5.91 Å². The number of nitrogens with zero attached hydrogens (tertiary/aromatic N) is 2. The first kappa shape index (κ1) is 18.0. The Morgan fingerprint density at radius 3 is 2.69 bits per heavy atom. The second kappa shape index (κ2) is 7.19. The van der Waals surface area contributed by atoms with Crippen molar-refractivity contribution in [3.05, 3.63) is 54.0 Å². The number of hydrogen-bond donors (Lipinski definition) is 1. The first-order chi connectivity index (χ1) is 12.4. The molecule has 1 aromatic heterocycles. The van der Waals surface area contributed by atoms with Gasteiger partial charge in [0.05, 0.1) is 12.2 Å². The summed E-state index contributed by atoms with van der Waals surface area (Å²) >= 11 is 0. The zero-order valence-corrected chi connectivity index (χ0v) is 14.4. The van der Waals surface area contributed by atoms with E-state index >= 15 is 0 Å². The van der Waals surface area contributed by atoms with E-state index < -0.39 is 6.11 Å². The van der Waals surface area contributed by atoms with Gasteiger partial charge < -0.3 is 10.1 Å². The van der Waals surface area contributed by atoms with Crippen LogP contribution in [0.5, 0.6) is 5.75 Å². The fraction of sp³-hybridized carbons (Fsp3) is 0.316.